The van der Waals surface area contributed by atoms with Crippen LogP contribution in [0.1, 0.15) is 36.6 Å². The smallest absolute Gasteiger partial charge is 0.154 e. The molecule has 0 aliphatic carbocycles. The van der Waals surface area contributed by atoms with Crippen LogP contribution in [0.15, 0.2) is 30.6 Å². The minimum atomic E-state index is -0.799. The lowest BCUT2D eigenvalue weighted by atomic mass is 9.96. The van der Waals surface area contributed by atoms with Gasteiger partial charge < -0.3 is 5.11 Å². The summed E-state index contributed by atoms with van der Waals surface area (Å²) >= 11 is 6.23. The summed E-state index contributed by atoms with van der Waals surface area (Å²) in [5.74, 6) is -0.385. The Labute approximate surface area is 150 Å². The fourth-order valence-electron chi connectivity index (χ4n) is 2.91. The van der Waals surface area contributed by atoms with Crippen LogP contribution in [-0.2, 0) is 20.0 Å². The molecule has 3 aromatic rings. The molecule has 2 aromatic heterocycles. The summed E-state index contributed by atoms with van der Waals surface area (Å²) in [6, 6.07) is 4.38. The Morgan fingerprint density at radius 3 is 2.64 bits per heavy atom. The van der Waals surface area contributed by atoms with E-state index in [4.69, 9.17) is 11.6 Å². The van der Waals surface area contributed by atoms with Crippen molar-refractivity contribution in [1.82, 2.24) is 19.6 Å². The highest BCUT2D eigenvalue weighted by Crippen LogP contribution is 2.32. The largest absolute Gasteiger partial charge is 0.389 e. The molecule has 2 heterocycles. The quantitative estimate of drug-likeness (QED) is 0.752. The SMILES string of the molecule is CCn1cc(Cc2cn(C)nc2-c2ccc(F)cc2C(C)O)c(Cl)n1. The molecule has 132 valence electrons. The molecule has 1 atom stereocenters. The molecule has 0 saturated carbocycles. The van der Waals surface area contributed by atoms with E-state index in [-0.39, 0.29) is 5.82 Å². The number of rotatable bonds is 5. The van der Waals surface area contributed by atoms with Crippen molar-refractivity contribution in [3.05, 3.63) is 58.3 Å². The fourth-order valence-corrected chi connectivity index (χ4v) is 3.13. The van der Waals surface area contributed by atoms with Gasteiger partial charge in [0.2, 0.25) is 0 Å². The van der Waals surface area contributed by atoms with E-state index >= 15 is 0 Å². The zero-order chi connectivity index (χ0) is 18.1. The molecule has 0 aliphatic rings. The molecule has 0 bridgehead atoms. The maximum Gasteiger partial charge on any atom is 0.154 e. The summed E-state index contributed by atoms with van der Waals surface area (Å²) in [5, 5.41) is 19.3. The minimum absolute atomic E-state index is 0.385. The highest BCUT2D eigenvalue weighted by atomic mass is 35.5. The molecule has 0 radical (unpaired) electrons. The molecule has 0 saturated heterocycles. The summed E-state index contributed by atoms with van der Waals surface area (Å²) in [7, 11) is 1.83. The van der Waals surface area contributed by atoms with Gasteiger partial charge in [-0.3, -0.25) is 9.36 Å². The Kier molecular flexibility index (Phi) is 4.92. The van der Waals surface area contributed by atoms with Crippen LogP contribution in [0.5, 0.6) is 0 Å². The summed E-state index contributed by atoms with van der Waals surface area (Å²) in [4.78, 5) is 0. The zero-order valence-electron chi connectivity index (χ0n) is 14.4. The van der Waals surface area contributed by atoms with E-state index in [1.54, 1.807) is 22.4 Å². The molecule has 0 amide bonds. The average Bonchev–Trinajstić information content (AvgIpc) is 3.10. The first-order valence-corrected chi connectivity index (χ1v) is 8.49. The molecule has 1 N–H and O–H groups in total. The number of aryl methyl sites for hydroxylation is 2. The number of halogens is 2. The molecule has 0 spiro atoms. The van der Waals surface area contributed by atoms with Gasteiger partial charge in [0.05, 0.1) is 11.8 Å². The Morgan fingerprint density at radius 2 is 2.00 bits per heavy atom. The van der Waals surface area contributed by atoms with Gasteiger partial charge in [-0.25, -0.2) is 4.39 Å². The third kappa shape index (κ3) is 3.60. The predicted octanol–water partition coefficient (Wildman–Crippen LogP) is 3.74. The van der Waals surface area contributed by atoms with Crippen LogP contribution in [0.25, 0.3) is 11.3 Å². The van der Waals surface area contributed by atoms with E-state index < -0.39 is 6.10 Å². The van der Waals surface area contributed by atoms with E-state index in [1.165, 1.54) is 12.1 Å². The van der Waals surface area contributed by atoms with E-state index in [0.29, 0.717) is 28.4 Å². The van der Waals surface area contributed by atoms with E-state index in [1.807, 2.05) is 26.4 Å². The lowest BCUT2D eigenvalue weighted by Crippen LogP contribution is -1.99. The number of hydrogen-bond acceptors (Lipinski definition) is 3. The fraction of sp³-hybridized carbons (Fsp3) is 0.333. The predicted molar refractivity (Wildman–Crippen MR) is 95.0 cm³/mol. The minimum Gasteiger partial charge on any atom is -0.389 e. The van der Waals surface area contributed by atoms with Crippen molar-refractivity contribution in [1.29, 1.82) is 0 Å². The average molecular weight is 363 g/mol. The molecule has 3 rings (SSSR count). The maximum absolute atomic E-state index is 13.6. The normalized spacial score (nSPS) is 12.6. The Morgan fingerprint density at radius 1 is 1.24 bits per heavy atom. The number of nitrogens with zero attached hydrogens (tertiary/aromatic N) is 4. The van der Waals surface area contributed by atoms with Crippen molar-refractivity contribution >= 4 is 11.6 Å². The lowest BCUT2D eigenvalue weighted by Gasteiger charge is -2.12. The summed E-state index contributed by atoms with van der Waals surface area (Å²) in [6.07, 6.45) is 3.58. The monoisotopic (exact) mass is 362 g/mol. The summed E-state index contributed by atoms with van der Waals surface area (Å²) in [6.45, 7) is 4.35. The van der Waals surface area contributed by atoms with Crippen molar-refractivity contribution in [3.8, 4) is 11.3 Å². The Hall–Kier alpha value is -2.18. The van der Waals surface area contributed by atoms with Gasteiger partial charge in [-0.05, 0) is 37.6 Å². The molecule has 5 nitrogen and oxygen atoms in total. The van der Waals surface area contributed by atoms with Gasteiger partial charge in [0, 0.05) is 49.1 Å². The van der Waals surface area contributed by atoms with Crippen molar-refractivity contribution < 1.29 is 9.50 Å². The van der Waals surface area contributed by atoms with Gasteiger partial charge in [-0.2, -0.15) is 10.2 Å². The maximum atomic E-state index is 13.6. The number of benzene rings is 1. The zero-order valence-corrected chi connectivity index (χ0v) is 15.1. The van der Waals surface area contributed by atoms with Crippen molar-refractivity contribution in [2.75, 3.05) is 0 Å². The van der Waals surface area contributed by atoms with Crippen LogP contribution >= 0.6 is 11.6 Å². The molecule has 0 aliphatic heterocycles. The van der Waals surface area contributed by atoms with Gasteiger partial charge >= 0.3 is 0 Å². The van der Waals surface area contributed by atoms with Crippen molar-refractivity contribution in [2.45, 2.75) is 32.9 Å². The first-order valence-electron chi connectivity index (χ1n) is 8.11. The number of aliphatic hydroxyl groups is 1. The van der Waals surface area contributed by atoms with Crippen LogP contribution in [0.4, 0.5) is 4.39 Å². The Bertz CT molecular complexity index is 901. The lowest BCUT2D eigenvalue weighted by molar-refractivity contribution is 0.199. The van der Waals surface area contributed by atoms with Crippen LogP contribution in [-0.4, -0.2) is 24.7 Å². The molecular weight excluding hydrogens is 343 g/mol. The van der Waals surface area contributed by atoms with E-state index in [9.17, 15) is 9.50 Å². The first-order chi connectivity index (χ1) is 11.9. The second-order valence-electron chi connectivity index (χ2n) is 6.06. The van der Waals surface area contributed by atoms with Gasteiger partial charge in [0.25, 0.3) is 0 Å². The standard InChI is InChI=1S/C18H20ClFN4O/c1-4-24-10-13(18(19)22-24)7-12-9-23(3)21-17(12)15-6-5-14(20)8-16(15)11(2)25/h5-6,8-11,25H,4,7H2,1-3H3. The highest BCUT2D eigenvalue weighted by Gasteiger charge is 2.19. The van der Waals surface area contributed by atoms with E-state index in [0.717, 1.165) is 17.7 Å². The number of aromatic nitrogens is 4. The second-order valence-corrected chi connectivity index (χ2v) is 6.42. The summed E-state index contributed by atoms with van der Waals surface area (Å²) in [5.41, 5.74) is 3.77. The van der Waals surface area contributed by atoms with Gasteiger partial charge in [-0.15, -0.1) is 0 Å². The number of aliphatic hydroxyl groups excluding tert-OH is 1. The molecule has 25 heavy (non-hydrogen) atoms. The third-order valence-corrected chi connectivity index (χ3v) is 4.43. The Balaban J connectivity index is 2.06. The van der Waals surface area contributed by atoms with Crippen molar-refractivity contribution in [3.63, 3.8) is 0 Å². The second kappa shape index (κ2) is 6.98. The molecule has 0 fully saturated rings. The van der Waals surface area contributed by atoms with Crippen LogP contribution in [0.2, 0.25) is 5.15 Å². The van der Waals surface area contributed by atoms with E-state index in [2.05, 4.69) is 10.2 Å². The highest BCUT2D eigenvalue weighted by molar-refractivity contribution is 6.30. The van der Waals surface area contributed by atoms with Crippen LogP contribution in [0, 0.1) is 5.82 Å². The topological polar surface area (TPSA) is 55.9 Å². The summed E-state index contributed by atoms with van der Waals surface area (Å²) < 4.78 is 17.1. The van der Waals surface area contributed by atoms with Gasteiger partial charge in [-0.1, -0.05) is 11.6 Å². The molecule has 1 aromatic carbocycles. The number of hydrogen-bond donors (Lipinski definition) is 1. The molecular formula is C18H20ClFN4O. The first kappa shape index (κ1) is 17.6. The van der Waals surface area contributed by atoms with Crippen LogP contribution < -0.4 is 0 Å². The van der Waals surface area contributed by atoms with Crippen LogP contribution in [0.3, 0.4) is 0 Å². The van der Waals surface area contributed by atoms with Crippen molar-refractivity contribution in [2.24, 2.45) is 7.05 Å². The third-order valence-electron chi connectivity index (χ3n) is 4.11. The molecule has 7 heteroatoms. The molecule has 1 unspecified atom stereocenters. The van der Waals surface area contributed by atoms with Gasteiger partial charge in [0.1, 0.15) is 5.82 Å². The van der Waals surface area contributed by atoms with Gasteiger partial charge in [0.15, 0.2) is 5.15 Å².